The molecule has 0 aliphatic heterocycles. The SMILES string of the molecule is CC(C)[C@H](NC(=O)Nc1ccccc1)C(=O)NC1CCC(O)CC1. The van der Waals surface area contributed by atoms with Gasteiger partial charge in [-0.1, -0.05) is 32.0 Å². The fraction of sp³-hybridized carbons (Fsp3) is 0.556. The first-order valence-corrected chi connectivity index (χ1v) is 8.56. The molecule has 1 aliphatic carbocycles. The molecule has 1 aliphatic rings. The monoisotopic (exact) mass is 333 g/mol. The maximum absolute atomic E-state index is 12.5. The molecular formula is C18H27N3O3. The van der Waals surface area contributed by atoms with Crippen LogP contribution in [0.2, 0.25) is 0 Å². The molecule has 1 saturated carbocycles. The average Bonchev–Trinajstić information content (AvgIpc) is 2.55. The van der Waals surface area contributed by atoms with Crippen LogP contribution in [0.1, 0.15) is 39.5 Å². The van der Waals surface area contributed by atoms with Crippen LogP contribution in [0.15, 0.2) is 30.3 Å². The van der Waals surface area contributed by atoms with Crippen LogP contribution in [-0.4, -0.2) is 35.2 Å². The Hall–Kier alpha value is -2.08. The predicted octanol–water partition coefficient (Wildman–Crippen LogP) is 2.25. The number of hydrogen-bond acceptors (Lipinski definition) is 3. The van der Waals surface area contributed by atoms with Gasteiger partial charge in [-0.3, -0.25) is 4.79 Å². The van der Waals surface area contributed by atoms with Gasteiger partial charge in [0.15, 0.2) is 0 Å². The fourth-order valence-electron chi connectivity index (χ4n) is 2.88. The zero-order valence-corrected chi connectivity index (χ0v) is 14.3. The lowest BCUT2D eigenvalue weighted by molar-refractivity contribution is -0.125. The topological polar surface area (TPSA) is 90.5 Å². The first-order chi connectivity index (χ1) is 11.5. The Morgan fingerprint density at radius 1 is 1.08 bits per heavy atom. The molecule has 0 radical (unpaired) electrons. The second-order valence-corrected chi connectivity index (χ2v) is 6.70. The van der Waals surface area contributed by atoms with Gasteiger partial charge in [0.1, 0.15) is 6.04 Å². The minimum absolute atomic E-state index is 0.0271. The molecule has 6 heteroatoms. The maximum Gasteiger partial charge on any atom is 0.319 e. The number of benzene rings is 1. The van der Waals surface area contributed by atoms with E-state index in [4.69, 9.17) is 0 Å². The lowest BCUT2D eigenvalue weighted by atomic mass is 9.92. The van der Waals surface area contributed by atoms with Crippen molar-refractivity contribution in [1.82, 2.24) is 10.6 Å². The number of para-hydroxylation sites is 1. The number of amides is 3. The quantitative estimate of drug-likeness (QED) is 0.666. The maximum atomic E-state index is 12.5. The smallest absolute Gasteiger partial charge is 0.319 e. The summed E-state index contributed by atoms with van der Waals surface area (Å²) in [6, 6.07) is 8.19. The molecule has 0 unspecified atom stereocenters. The number of rotatable bonds is 5. The van der Waals surface area contributed by atoms with E-state index in [0.717, 1.165) is 12.8 Å². The van der Waals surface area contributed by atoms with E-state index >= 15 is 0 Å². The van der Waals surface area contributed by atoms with Crippen molar-refractivity contribution in [2.24, 2.45) is 5.92 Å². The fourth-order valence-corrected chi connectivity index (χ4v) is 2.88. The highest BCUT2D eigenvalue weighted by molar-refractivity contribution is 5.93. The summed E-state index contributed by atoms with van der Waals surface area (Å²) in [7, 11) is 0. The van der Waals surface area contributed by atoms with Gasteiger partial charge >= 0.3 is 6.03 Å². The number of hydrogen-bond donors (Lipinski definition) is 4. The average molecular weight is 333 g/mol. The highest BCUT2D eigenvalue weighted by Crippen LogP contribution is 2.18. The molecule has 0 bridgehead atoms. The van der Waals surface area contributed by atoms with Crippen molar-refractivity contribution in [3.63, 3.8) is 0 Å². The van der Waals surface area contributed by atoms with E-state index in [1.807, 2.05) is 32.0 Å². The van der Waals surface area contributed by atoms with E-state index in [0.29, 0.717) is 18.5 Å². The second-order valence-electron chi connectivity index (χ2n) is 6.70. The highest BCUT2D eigenvalue weighted by Gasteiger charge is 2.28. The highest BCUT2D eigenvalue weighted by atomic mass is 16.3. The molecule has 1 aromatic carbocycles. The number of carbonyl (C=O) groups is 2. The van der Waals surface area contributed by atoms with Gasteiger partial charge < -0.3 is 21.1 Å². The largest absolute Gasteiger partial charge is 0.393 e. The standard InChI is InChI=1S/C18H27N3O3/c1-12(2)16(17(23)19-14-8-10-15(22)11-9-14)21-18(24)20-13-6-4-3-5-7-13/h3-7,12,14-16,22H,8-11H2,1-2H3,(H,19,23)(H2,20,21,24)/t14?,15?,16-/m0/s1. The zero-order chi connectivity index (χ0) is 17.5. The van der Waals surface area contributed by atoms with Crippen LogP contribution in [0.4, 0.5) is 10.5 Å². The lowest BCUT2D eigenvalue weighted by Crippen LogP contribution is -2.53. The van der Waals surface area contributed by atoms with Gasteiger partial charge in [-0.15, -0.1) is 0 Å². The van der Waals surface area contributed by atoms with Crippen LogP contribution < -0.4 is 16.0 Å². The zero-order valence-electron chi connectivity index (χ0n) is 14.3. The normalized spacial score (nSPS) is 21.8. The van der Waals surface area contributed by atoms with Crippen molar-refractivity contribution in [3.8, 4) is 0 Å². The third kappa shape index (κ3) is 5.53. The van der Waals surface area contributed by atoms with Crippen molar-refractivity contribution >= 4 is 17.6 Å². The molecule has 6 nitrogen and oxygen atoms in total. The Bertz CT molecular complexity index is 540. The van der Waals surface area contributed by atoms with Crippen molar-refractivity contribution in [2.45, 2.75) is 57.7 Å². The van der Waals surface area contributed by atoms with Gasteiger partial charge in [0, 0.05) is 11.7 Å². The Morgan fingerprint density at radius 2 is 1.71 bits per heavy atom. The molecule has 3 amide bonds. The second kappa shape index (κ2) is 8.68. The first kappa shape index (κ1) is 18.3. The van der Waals surface area contributed by atoms with Crippen molar-refractivity contribution in [3.05, 3.63) is 30.3 Å². The summed E-state index contributed by atoms with van der Waals surface area (Å²) in [6.45, 7) is 3.80. The predicted molar refractivity (Wildman–Crippen MR) is 93.6 cm³/mol. The molecule has 0 saturated heterocycles. The molecule has 24 heavy (non-hydrogen) atoms. The molecule has 0 heterocycles. The molecule has 2 rings (SSSR count). The van der Waals surface area contributed by atoms with Gasteiger partial charge in [-0.2, -0.15) is 0 Å². The molecule has 1 aromatic rings. The molecule has 1 atom stereocenters. The summed E-state index contributed by atoms with van der Waals surface area (Å²) in [6.07, 6.45) is 2.70. The Balaban J connectivity index is 1.88. The van der Waals surface area contributed by atoms with Gasteiger partial charge in [0.05, 0.1) is 6.10 Å². The van der Waals surface area contributed by atoms with E-state index in [-0.39, 0.29) is 24.0 Å². The van der Waals surface area contributed by atoms with Crippen LogP contribution >= 0.6 is 0 Å². The third-order valence-corrected chi connectivity index (χ3v) is 4.31. The van der Waals surface area contributed by atoms with E-state index in [1.165, 1.54) is 0 Å². The number of aliphatic hydroxyl groups is 1. The van der Waals surface area contributed by atoms with E-state index in [9.17, 15) is 14.7 Å². The Labute approximate surface area is 143 Å². The number of nitrogens with one attached hydrogen (secondary N) is 3. The van der Waals surface area contributed by atoms with Crippen molar-refractivity contribution < 1.29 is 14.7 Å². The summed E-state index contributed by atoms with van der Waals surface area (Å²) < 4.78 is 0. The number of anilines is 1. The van der Waals surface area contributed by atoms with E-state index < -0.39 is 12.1 Å². The third-order valence-electron chi connectivity index (χ3n) is 4.31. The molecular weight excluding hydrogens is 306 g/mol. The minimum Gasteiger partial charge on any atom is -0.393 e. The van der Waals surface area contributed by atoms with Crippen LogP contribution in [0, 0.1) is 5.92 Å². The van der Waals surface area contributed by atoms with E-state index in [2.05, 4.69) is 16.0 Å². The van der Waals surface area contributed by atoms with Crippen molar-refractivity contribution in [1.29, 1.82) is 0 Å². The summed E-state index contributed by atoms with van der Waals surface area (Å²) in [5.74, 6) is -0.199. The molecule has 4 N–H and O–H groups in total. The number of carbonyl (C=O) groups excluding carboxylic acids is 2. The lowest BCUT2D eigenvalue weighted by Gasteiger charge is -2.29. The minimum atomic E-state index is -0.597. The summed E-state index contributed by atoms with van der Waals surface area (Å²) in [5.41, 5.74) is 0.680. The molecule has 0 aromatic heterocycles. The number of aliphatic hydroxyl groups excluding tert-OH is 1. The van der Waals surface area contributed by atoms with E-state index in [1.54, 1.807) is 12.1 Å². The summed E-state index contributed by atoms with van der Waals surface area (Å²) in [4.78, 5) is 24.6. The molecule has 132 valence electrons. The van der Waals surface area contributed by atoms with Gasteiger partial charge in [-0.25, -0.2) is 4.79 Å². The summed E-state index contributed by atoms with van der Waals surface area (Å²) >= 11 is 0. The first-order valence-electron chi connectivity index (χ1n) is 8.56. The Morgan fingerprint density at radius 3 is 2.29 bits per heavy atom. The van der Waals surface area contributed by atoms with Crippen LogP contribution in [0.5, 0.6) is 0 Å². The van der Waals surface area contributed by atoms with Gasteiger partial charge in [-0.05, 0) is 43.7 Å². The van der Waals surface area contributed by atoms with Crippen LogP contribution in [0.3, 0.4) is 0 Å². The van der Waals surface area contributed by atoms with Gasteiger partial charge in [0.2, 0.25) is 5.91 Å². The summed E-state index contributed by atoms with van der Waals surface area (Å²) in [5, 5.41) is 18.0. The van der Waals surface area contributed by atoms with Crippen molar-refractivity contribution in [2.75, 3.05) is 5.32 Å². The number of urea groups is 1. The molecule has 0 spiro atoms. The Kier molecular flexibility index (Phi) is 6.61. The van der Waals surface area contributed by atoms with Gasteiger partial charge in [0.25, 0.3) is 0 Å². The molecule has 1 fully saturated rings. The van der Waals surface area contributed by atoms with Crippen LogP contribution in [-0.2, 0) is 4.79 Å². The van der Waals surface area contributed by atoms with Crippen LogP contribution in [0.25, 0.3) is 0 Å².